The number of halogens is 2. The number of methoxy groups -OCH3 is 1. The Bertz CT molecular complexity index is 1680. The molecule has 4 N–H and O–H groups in total. The van der Waals surface area contributed by atoms with E-state index in [1.165, 1.54) is 24.3 Å². The molecule has 0 amide bonds. The summed E-state index contributed by atoms with van der Waals surface area (Å²) < 4.78 is 64.5. The summed E-state index contributed by atoms with van der Waals surface area (Å²) >= 11 is 0. The Morgan fingerprint density at radius 1 is 1.10 bits per heavy atom. The maximum atomic E-state index is 15.7. The second-order valence-corrected chi connectivity index (χ2v) is 12.6. The number of hydrogen-bond acceptors (Lipinski definition) is 7. The maximum absolute atomic E-state index is 15.7. The second-order valence-electron chi connectivity index (χ2n) is 10.9. The molecular formula is C30H36F2N6O3S. The van der Waals surface area contributed by atoms with Crippen molar-refractivity contribution in [3.8, 4) is 11.3 Å². The molecule has 12 heteroatoms. The van der Waals surface area contributed by atoms with E-state index in [-0.39, 0.29) is 29.0 Å². The number of hydrogen-bond donors (Lipinski definition) is 3. The molecule has 0 radical (unpaired) electrons. The van der Waals surface area contributed by atoms with Crippen molar-refractivity contribution >= 4 is 32.4 Å². The van der Waals surface area contributed by atoms with Crippen LogP contribution in [0.3, 0.4) is 0 Å². The van der Waals surface area contributed by atoms with Gasteiger partial charge in [-0.2, -0.15) is 5.10 Å². The first-order valence-electron chi connectivity index (χ1n) is 14.1. The Balaban J connectivity index is 1.49. The average molecular weight is 599 g/mol. The number of nitrogens with one attached hydrogen (secondary N) is 2. The van der Waals surface area contributed by atoms with Crippen molar-refractivity contribution in [3.63, 3.8) is 0 Å². The zero-order valence-electron chi connectivity index (χ0n) is 23.9. The summed E-state index contributed by atoms with van der Waals surface area (Å²) in [5.74, 6) is -1.11. The number of sulfonamides is 1. The number of nitrogens with zero attached hydrogens (tertiary/aromatic N) is 3. The lowest BCUT2D eigenvalue weighted by Crippen LogP contribution is -2.34. The quantitative estimate of drug-likeness (QED) is 0.203. The van der Waals surface area contributed by atoms with Gasteiger partial charge < -0.3 is 15.8 Å². The predicted molar refractivity (Wildman–Crippen MR) is 160 cm³/mol. The Kier molecular flexibility index (Phi) is 8.76. The number of anilines is 2. The van der Waals surface area contributed by atoms with Gasteiger partial charge in [0.1, 0.15) is 28.0 Å². The monoisotopic (exact) mass is 598 g/mol. The Morgan fingerprint density at radius 2 is 1.83 bits per heavy atom. The number of pyridine rings is 1. The van der Waals surface area contributed by atoms with Crippen LogP contribution in [0.4, 0.5) is 20.3 Å². The van der Waals surface area contributed by atoms with Crippen molar-refractivity contribution in [2.45, 2.75) is 62.4 Å². The van der Waals surface area contributed by atoms with Crippen LogP contribution in [-0.2, 0) is 14.8 Å². The van der Waals surface area contributed by atoms with E-state index < -0.39 is 26.6 Å². The van der Waals surface area contributed by atoms with E-state index in [4.69, 9.17) is 15.6 Å². The Morgan fingerprint density at radius 3 is 2.50 bits per heavy atom. The van der Waals surface area contributed by atoms with Gasteiger partial charge in [0.15, 0.2) is 0 Å². The first kappa shape index (κ1) is 29.9. The molecule has 1 aliphatic rings. The molecule has 1 aliphatic carbocycles. The molecule has 0 bridgehead atoms. The maximum Gasteiger partial charge on any atom is 0.264 e. The Hall–Kier alpha value is -3.61. The lowest BCUT2D eigenvalue weighted by atomic mass is 9.81. The summed E-state index contributed by atoms with van der Waals surface area (Å²) in [6.45, 7) is 5.50. The highest BCUT2D eigenvalue weighted by Gasteiger charge is 2.29. The lowest BCUT2D eigenvalue weighted by molar-refractivity contribution is 0.191. The summed E-state index contributed by atoms with van der Waals surface area (Å²) in [6.07, 6.45) is 5.79. The standard InChI is InChI=1S/C30H36F2N6O3S/c1-18(2)38-29-23(19-8-10-20(11-9-19)34-14-15-41-3)17-35-30(33)27(29)28(36-38)22-13-12-21(16-25(22)32)37-42(39,40)26-7-5-4-6-24(26)31/h4-7,12-13,16-20,34,37H,8-11,14-15H2,1-3H3,(H2,33,35)/t19-,20-. The third-order valence-electron chi connectivity index (χ3n) is 7.78. The van der Waals surface area contributed by atoms with Crippen LogP contribution in [0.5, 0.6) is 0 Å². The minimum Gasteiger partial charge on any atom is -0.383 e. The third-order valence-corrected chi connectivity index (χ3v) is 9.20. The smallest absolute Gasteiger partial charge is 0.264 e. The van der Waals surface area contributed by atoms with Gasteiger partial charge in [-0.3, -0.25) is 9.40 Å². The minimum absolute atomic E-state index is 0.0382. The molecule has 0 unspecified atom stereocenters. The lowest BCUT2D eigenvalue weighted by Gasteiger charge is -2.30. The van der Waals surface area contributed by atoms with Crippen LogP contribution in [0.1, 0.15) is 57.1 Å². The molecule has 224 valence electrons. The minimum atomic E-state index is -4.27. The molecule has 0 atom stereocenters. The highest BCUT2D eigenvalue weighted by molar-refractivity contribution is 7.92. The van der Waals surface area contributed by atoms with Crippen LogP contribution in [0.15, 0.2) is 53.6 Å². The summed E-state index contributed by atoms with van der Waals surface area (Å²) in [6, 6.07) is 9.31. The highest BCUT2D eigenvalue weighted by Crippen LogP contribution is 2.42. The molecule has 0 saturated heterocycles. The topological polar surface area (TPSA) is 124 Å². The summed E-state index contributed by atoms with van der Waals surface area (Å²) in [5, 5.41) is 8.93. The van der Waals surface area contributed by atoms with Crippen LogP contribution in [0.2, 0.25) is 0 Å². The number of rotatable bonds is 10. The van der Waals surface area contributed by atoms with Crippen molar-refractivity contribution in [1.29, 1.82) is 0 Å². The van der Waals surface area contributed by atoms with Crippen molar-refractivity contribution in [2.75, 3.05) is 30.7 Å². The van der Waals surface area contributed by atoms with Crippen LogP contribution in [-0.4, -0.2) is 49.5 Å². The SMILES string of the molecule is COCCN[C@H]1CC[C@H](c2cnc(N)c3c(-c4ccc(NS(=O)(=O)c5ccccc5F)cc4F)nn(C(C)C)c32)CC1. The predicted octanol–water partition coefficient (Wildman–Crippen LogP) is 5.60. The molecule has 9 nitrogen and oxygen atoms in total. The molecule has 5 rings (SSSR count). The molecule has 42 heavy (non-hydrogen) atoms. The normalized spacial score (nSPS) is 17.7. The summed E-state index contributed by atoms with van der Waals surface area (Å²) in [7, 11) is -2.57. The van der Waals surface area contributed by atoms with Gasteiger partial charge >= 0.3 is 0 Å². The van der Waals surface area contributed by atoms with E-state index in [9.17, 15) is 12.8 Å². The first-order valence-corrected chi connectivity index (χ1v) is 15.5. The molecule has 4 aromatic rings. The van der Waals surface area contributed by atoms with Crippen LogP contribution in [0, 0.1) is 11.6 Å². The van der Waals surface area contributed by atoms with Crippen molar-refractivity contribution in [2.24, 2.45) is 0 Å². The van der Waals surface area contributed by atoms with E-state index in [0.717, 1.165) is 61.5 Å². The molecular weight excluding hydrogens is 562 g/mol. The Labute approximate surface area is 244 Å². The van der Waals surface area contributed by atoms with Gasteiger partial charge in [0, 0.05) is 37.5 Å². The van der Waals surface area contributed by atoms with E-state index >= 15 is 4.39 Å². The number of nitrogens with two attached hydrogens (primary N) is 1. The fraction of sp³-hybridized carbons (Fsp3) is 0.400. The highest BCUT2D eigenvalue weighted by atomic mass is 32.2. The molecule has 2 heterocycles. The number of nitrogen functional groups attached to an aromatic ring is 1. The fourth-order valence-electron chi connectivity index (χ4n) is 5.70. The number of benzene rings is 2. The van der Waals surface area contributed by atoms with Crippen LogP contribution in [0.25, 0.3) is 22.2 Å². The van der Waals surface area contributed by atoms with E-state index in [1.807, 2.05) is 24.7 Å². The van der Waals surface area contributed by atoms with E-state index in [2.05, 4.69) is 15.0 Å². The molecule has 1 saturated carbocycles. The average Bonchev–Trinajstić information content (AvgIpc) is 3.36. The van der Waals surface area contributed by atoms with Crippen molar-refractivity contribution < 1.29 is 21.9 Å². The van der Waals surface area contributed by atoms with Crippen molar-refractivity contribution in [1.82, 2.24) is 20.1 Å². The number of fused-ring (bicyclic) bond motifs is 1. The first-order chi connectivity index (χ1) is 20.1. The molecule has 2 aromatic carbocycles. The molecule has 2 aromatic heterocycles. The summed E-state index contributed by atoms with van der Waals surface area (Å²) in [4.78, 5) is 3.98. The second kappa shape index (κ2) is 12.3. The van der Waals surface area contributed by atoms with Crippen LogP contribution < -0.4 is 15.8 Å². The van der Waals surface area contributed by atoms with E-state index in [0.29, 0.717) is 23.7 Å². The fourth-order valence-corrected chi connectivity index (χ4v) is 6.83. The number of ether oxygens (including phenoxy) is 1. The van der Waals surface area contributed by atoms with Gasteiger partial charge in [-0.25, -0.2) is 22.2 Å². The molecule has 0 aliphatic heterocycles. The van der Waals surface area contributed by atoms with Gasteiger partial charge in [0.05, 0.1) is 23.2 Å². The van der Waals surface area contributed by atoms with Gasteiger partial charge in [0.2, 0.25) is 0 Å². The number of aromatic nitrogens is 3. The van der Waals surface area contributed by atoms with Gasteiger partial charge in [0.25, 0.3) is 10.0 Å². The van der Waals surface area contributed by atoms with E-state index in [1.54, 1.807) is 7.11 Å². The molecule has 0 spiro atoms. The van der Waals surface area contributed by atoms with Gasteiger partial charge in [-0.1, -0.05) is 12.1 Å². The zero-order valence-corrected chi connectivity index (χ0v) is 24.7. The van der Waals surface area contributed by atoms with Gasteiger partial charge in [-0.05, 0) is 81.3 Å². The largest absolute Gasteiger partial charge is 0.383 e. The van der Waals surface area contributed by atoms with Crippen LogP contribution >= 0.6 is 0 Å². The van der Waals surface area contributed by atoms with Crippen molar-refractivity contribution in [3.05, 3.63) is 65.9 Å². The van der Waals surface area contributed by atoms with Gasteiger partial charge in [-0.15, -0.1) is 0 Å². The molecule has 1 fully saturated rings. The zero-order chi connectivity index (χ0) is 30.0. The summed E-state index contributed by atoms with van der Waals surface area (Å²) in [5.41, 5.74) is 8.73. The third kappa shape index (κ3) is 5.97.